The summed E-state index contributed by atoms with van der Waals surface area (Å²) in [7, 11) is 0. The van der Waals surface area contributed by atoms with Gasteiger partial charge in [0.05, 0.1) is 6.61 Å². The van der Waals surface area contributed by atoms with Crippen molar-refractivity contribution in [3.05, 3.63) is 23.8 Å². The third kappa shape index (κ3) is 3.15. The number of aromatic hydroxyl groups is 1. The van der Waals surface area contributed by atoms with Gasteiger partial charge in [0.2, 0.25) is 0 Å². The predicted molar refractivity (Wildman–Crippen MR) is 71.8 cm³/mol. The molecule has 100 valence electrons. The van der Waals surface area contributed by atoms with Crippen LogP contribution in [-0.4, -0.2) is 35.7 Å². The number of hydrogen-bond acceptors (Lipinski definition) is 4. The number of nitrogens with zero attached hydrogens (tertiary/aromatic N) is 1. The van der Waals surface area contributed by atoms with Crippen LogP contribution in [0.15, 0.2) is 18.2 Å². The number of hydrogen-bond donors (Lipinski definition) is 2. The van der Waals surface area contributed by atoms with E-state index in [4.69, 9.17) is 10.5 Å². The number of phenols is 1. The molecule has 4 nitrogen and oxygen atoms in total. The Balaban J connectivity index is 2.02. The second-order valence-electron chi connectivity index (χ2n) is 4.81. The Morgan fingerprint density at radius 3 is 2.78 bits per heavy atom. The topological polar surface area (TPSA) is 58.7 Å². The van der Waals surface area contributed by atoms with Gasteiger partial charge in [-0.1, -0.05) is 12.1 Å². The van der Waals surface area contributed by atoms with E-state index < -0.39 is 0 Å². The van der Waals surface area contributed by atoms with Gasteiger partial charge >= 0.3 is 0 Å². The summed E-state index contributed by atoms with van der Waals surface area (Å²) in [6, 6.07) is 6.01. The summed E-state index contributed by atoms with van der Waals surface area (Å²) in [5.74, 6) is 0.845. The lowest BCUT2D eigenvalue weighted by atomic mass is 10.0. The minimum absolute atomic E-state index is 0.272. The van der Waals surface area contributed by atoms with Gasteiger partial charge in [0.1, 0.15) is 0 Å². The molecule has 1 heterocycles. The molecule has 1 saturated heterocycles. The van der Waals surface area contributed by atoms with Crippen molar-refractivity contribution in [3.63, 3.8) is 0 Å². The molecule has 1 aliphatic rings. The Labute approximate surface area is 108 Å². The molecular weight excluding hydrogens is 228 g/mol. The molecule has 0 aliphatic carbocycles. The molecule has 0 saturated carbocycles. The normalized spacial score (nSPS) is 17.9. The Kier molecular flexibility index (Phi) is 4.44. The first-order valence-corrected chi connectivity index (χ1v) is 6.62. The number of piperidine rings is 1. The van der Waals surface area contributed by atoms with Gasteiger partial charge < -0.3 is 15.6 Å². The second-order valence-corrected chi connectivity index (χ2v) is 4.81. The van der Waals surface area contributed by atoms with Gasteiger partial charge in [0.15, 0.2) is 11.5 Å². The van der Waals surface area contributed by atoms with Crippen molar-refractivity contribution in [2.24, 2.45) is 5.73 Å². The van der Waals surface area contributed by atoms with E-state index in [1.165, 1.54) is 0 Å². The Morgan fingerprint density at radius 1 is 1.39 bits per heavy atom. The molecule has 0 atom stereocenters. The Bertz CT molecular complexity index is 387. The predicted octanol–water partition coefficient (Wildman–Crippen LogP) is 1.71. The number of nitrogens with two attached hydrogens (primary N) is 1. The highest BCUT2D eigenvalue weighted by molar-refractivity contribution is 5.45. The average Bonchev–Trinajstić information content (AvgIpc) is 2.37. The van der Waals surface area contributed by atoms with Gasteiger partial charge in [0, 0.05) is 18.2 Å². The lowest BCUT2D eigenvalue weighted by Gasteiger charge is -2.30. The summed E-state index contributed by atoms with van der Waals surface area (Å²) in [5.41, 5.74) is 6.82. The van der Waals surface area contributed by atoms with Crippen LogP contribution in [0.5, 0.6) is 11.5 Å². The molecule has 1 aromatic rings. The highest BCUT2D eigenvalue weighted by atomic mass is 16.5. The van der Waals surface area contributed by atoms with Crippen molar-refractivity contribution in [3.8, 4) is 11.5 Å². The maximum absolute atomic E-state index is 10.1. The van der Waals surface area contributed by atoms with Crippen molar-refractivity contribution in [1.82, 2.24) is 4.90 Å². The monoisotopic (exact) mass is 250 g/mol. The summed E-state index contributed by atoms with van der Waals surface area (Å²) in [5, 5.41) is 10.1. The van der Waals surface area contributed by atoms with Crippen LogP contribution in [0.4, 0.5) is 0 Å². The van der Waals surface area contributed by atoms with Gasteiger partial charge in [-0.05, 0) is 38.9 Å². The minimum Gasteiger partial charge on any atom is -0.504 e. The lowest BCUT2D eigenvalue weighted by molar-refractivity contribution is 0.203. The smallest absolute Gasteiger partial charge is 0.162 e. The van der Waals surface area contributed by atoms with E-state index in [1.54, 1.807) is 6.07 Å². The standard InChI is InChI=1S/C14H22N2O2/c1-2-18-13-5-3-4-11(14(13)17)10-16-8-6-12(15)7-9-16/h3-5,12,17H,2,6-10,15H2,1H3. The van der Waals surface area contributed by atoms with E-state index in [1.807, 2.05) is 19.1 Å². The highest BCUT2D eigenvalue weighted by Gasteiger charge is 2.18. The van der Waals surface area contributed by atoms with E-state index >= 15 is 0 Å². The van der Waals surface area contributed by atoms with Gasteiger partial charge in [-0.2, -0.15) is 0 Å². The summed E-state index contributed by atoms with van der Waals surface area (Å²) < 4.78 is 5.40. The van der Waals surface area contributed by atoms with Crippen LogP contribution < -0.4 is 10.5 Å². The maximum Gasteiger partial charge on any atom is 0.162 e. The van der Waals surface area contributed by atoms with Crippen LogP contribution >= 0.6 is 0 Å². The molecule has 4 heteroatoms. The van der Waals surface area contributed by atoms with Gasteiger partial charge in [-0.3, -0.25) is 4.90 Å². The van der Waals surface area contributed by atoms with Crippen molar-refractivity contribution < 1.29 is 9.84 Å². The fraction of sp³-hybridized carbons (Fsp3) is 0.571. The lowest BCUT2D eigenvalue weighted by Crippen LogP contribution is -2.39. The van der Waals surface area contributed by atoms with Crippen molar-refractivity contribution in [2.45, 2.75) is 32.4 Å². The highest BCUT2D eigenvalue weighted by Crippen LogP contribution is 2.31. The Morgan fingerprint density at radius 2 is 2.11 bits per heavy atom. The minimum atomic E-state index is 0.272. The van der Waals surface area contributed by atoms with E-state index in [9.17, 15) is 5.11 Å². The Hall–Kier alpha value is -1.26. The van der Waals surface area contributed by atoms with Gasteiger partial charge in [0.25, 0.3) is 0 Å². The van der Waals surface area contributed by atoms with E-state index in [0.717, 1.165) is 38.0 Å². The number of para-hydroxylation sites is 1. The van der Waals surface area contributed by atoms with Crippen molar-refractivity contribution in [1.29, 1.82) is 0 Å². The average molecular weight is 250 g/mol. The number of likely N-dealkylation sites (tertiary alicyclic amines) is 1. The molecular formula is C14H22N2O2. The van der Waals surface area contributed by atoms with Crippen LogP contribution in [0, 0.1) is 0 Å². The maximum atomic E-state index is 10.1. The molecule has 0 spiro atoms. The van der Waals surface area contributed by atoms with Crippen LogP contribution in [0.1, 0.15) is 25.3 Å². The van der Waals surface area contributed by atoms with E-state index in [2.05, 4.69) is 4.90 Å². The first-order chi connectivity index (χ1) is 8.70. The van der Waals surface area contributed by atoms with Crippen LogP contribution in [0.3, 0.4) is 0 Å². The molecule has 2 rings (SSSR count). The second kappa shape index (κ2) is 6.07. The van der Waals surface area contributed by atoms with Gasteiger partial charge in [-0.15, -0.1) is 0 Å². The molecule has 1 aliphatic heterocycles. The molecule has 0 amide bonds. The van der Waals surface area contributed by atoms with E-state index in [-0.39, 0.29) is 5.75 Å². The van der Waals surface area contributed by atoms with Crippen LogP contribution in [-0.2, 0) is 6.54 Å². The van der Waals surface area contributed by atoms with E-state index in [0.29, 0.717) is 18.4 Å². The first kappa shape index (κ1) is 13.2. The number of benzene rings is 1. The number of phenolic OH excluding ortho intramolecular Hbond substituents is 1. The largest absolute Gasteiger partial charge is 0.504 e. The molecule has 3 N–H and O–H groups in total. The van der Waals surface area contributed by atoms with Crippen molar-refractivity contribution in [2.75, 3.05) is 19.7 Å². The van der Waals surface area contributed by atoms with Crippen molar-refractivity contribution >= 4 is 0 Å². The third-order valence-electron chi connectivity index (χ3n) is 3.41. The molecule has 0 aromatic heterocycles. The van der Waals surface area contributed by atoms with Gasteiger partial charge in [-0.25, -0.2) is 0 Å². The number of rotatable bonds is 4. The number of ether oxygens (including phenoxy) is 1. The quantitative estimate of drug-likeness (QED) is 0.854. The summed E-state index contributed by atoms with van der Waals surface area (Å²) in [6.45, 7) is 5.24. The molecule has 18 heavy (non-hydrogen) atoms. The molecule has 0 unspecified atom stereocenters. The molecule has 1 fully saturated rings. The molecule has 1 aromatic carbocycles. The summed E-state index contributed by atoms with van der Waals surface area (Å²) in [4.78, 5) is 2.33. The zero-order chi connectivity index (χ0) is 13.0. The molecule has 0 bridgehead atoms. The molecule has 0 radical (unpaired) electrons. The van der Waals surface area contributed by atoms with Crippen LogP contribution in [0.2, 0.25) is 0 Å². The SMILES string of the molecule is CCOc1cccc(CN2CCC(N)CC2)c1O. The zero-order valence-electron chi connectivity index (χ0n) is 10.9. The zero-order valence-corrected chi connectivity index (χ0v) is 10.9. The summed E-state index contributed by atoms with van der Waals surface area (Å²) in [6.07, 6.45) is 2.07. The van der Waals surface area contributed by atoms with Crippen LogP contribution in [0.25, 0.3) is 0 Å². The first-order valence-electron chi connectivity index (χ1n) is 6.62. The third-order valence-corrected chi connectivity index (χ3v) is 3.41. The summed E-state index contributed by atoms with van der Waals surface area (Å²) >= 11 is 0. The fourth-order valence-corrected chi connectivity index (χ4v) is 2.32. The fourth-order valence-electron chi connectivity index (χ4n) is 2.32.